The topological polar surface area (TPSA) is 116 Å². The first kappa shape index (κ1) is 42.6. The van der Waals surface area contributed by atoms with Crippen molar-refractivity contribution < 1.29 is 41.1 Å². The fourth-order valence-electron chi connectivity index (χ4n) is 5.05. The van der Waals surface area contributed by atoms with Gasteiger partial charge >= 0.3 is 0 Å². The van der Waals surface area contributed by atoms with Crippen molar-refractivity contribution >= 4 is 46.4 Å². The minimum Gasteiger partial charge on any atom is -0.326 e. The summed E-state index contributed by atoms with van der Waals surface area (Å²) >= 11 is 0. The number of aryl methyl sites for hydroxylation is 3. The van der Waals surface area contributed by atoms with E-state index in [0.717, 1.165) is 6.07 Å². The van der Waals surface area contributed by atoms with Gasteiger partial charge in [-0.1, -0.05) is 18.2 Å². The van der Waals surface area contributed by atoms with Gasteiger partial charge in [0.15, 0.2) is 0 Å². The van der Waals surface area contributed by atoms with Gasteiger partial charge in [0.2, 0.25) is 5.91 Å². The lowest BCUT2D eigenvalue weighted by Crippen LogP contribution is -2.15. The fraction of sp³-hybridized carbons (Fsp3) is 0.0909. The lowest BCUT2D eigenvalue weighted by Gasteiger charge is -2.10. The highest BCUT2D eigenvalue weighted by Crippen LogP contribution is 2.21. The summed E-state index contributed by atoms with van der Waals surface area (Å²) in [4.78, 5) is 46.7. The molecule has 0 fully saturated rings. The van der Waals surface area contributed by atoms with Gasteiger partial charge in [0.1, 0.15) is 29.1 Å². The standard InChI is InChI=1S/C16H14F2N2O2.C14H11F2NO.C14H12FNO/c1-9-7-11(17)3-6-15(9)20-16(22)13-5-4-12(8-14(13)18)19-10(2)21;1-9-8-12(16)6-7-13(9)17-14(18)10-2-4-11(15)5-3-10;1-10-9-12(15)7-8-13(10)16-14(17)11-5-3-2-4-6-11/h3-8H,1-2H3,(H,19,21)(H,20,22);2-8H,1H3,(H,17,18);2-9H,1H3,(H,16,17). The third-order valence-electron chi connectivity index (χ3n) is 7.99. The minimum absolute atomic E-state index is 0.169. The van der Waals surface area contributed by atoms with Gasteiger partial charge in [-0.15, -0.1) is 0 Å². The van der Waals surface area contributed by atoms with E-state index in [1.807, 2.05) is 6.07 Å². The molecule has 292 valence electrons. The zero-order valence-corrected chi connectivity index (χ0v) is 31.1. The molecule has 4 N–H and O–H groups in total. The molecular formula is C44H37F5N4O4. The molecular weight excluding hydrogens is 743 g/mol. The predicted molar refractivity (Wildman–Crippen MR) is 211 cm³/mol. The van der Waals surface area contributed by atoms with Crippen molar-refractivity contribution in [1.29, 1.82) is 0 Å². The van der Waals surface area contributed by atoms with Gasteiger partial charge in [-0.25, -0.2) is 22.0 Å². The van der Waals surface area contributed by atoms with Crippen LogP contribution < -0.4 is 21.3 Å². The highest BCUT2D eigenvalue weighted by molar-refractivity contribution is 6.06. The molecule has 6 aromatic carbocycles. The quantitative estimate of drug-likeness (QED) is 0.121. The molecule has 57 heavy (non-hydrogen) atoms. The number of benzene rings is 6. The van der Waals surface area contributed by atoms with Gasteiger partial charge in [0.25, 0.3) is 17.7 Å². The van der Waals surface area contributed by atoms with Crippen LogP contribution in [0, 0.1) is 49.9 Å². The number of hydrogen-bond donors (Lipinski definition) is 4. The third-order valence-corrected chi connectivity index (χ3v) is 7.99. The van der Waals surface area contributed by atoms with Crippen LogP contribution in [0.25, 0.3) is 0 Å². The van der Waals surface area contributed by atoms with E-state index in [0.29, 0.717) is 44.9 Å². The van der Waals surface area contributed by atoms with Crippen molar-refractivity contribution in [2.45, 2.75) is 27.7 Å². The van der Waals surface area contributed by atoms with Crippen molar-refractivity contribution in [2.75, 3.05) is 21.3 Å². The number of carbonyl (C=O) groups is 4. The maximum absolute atomic E-state index is 13.9. The Bertz CT molecular complexity index is 2390. The molecule has 0 unspecified atom stereocenters. The number of halogens is 5. The van der Waals surface area contributed by atoms with E-state index in [-0.39, 0.29) is 40.6 Å². The zero-order chi connectivity index (χ0) is 41.6. The van der Waals surface area contributed by atoms with Crippen molar-refractivity contribution in [3.63, 3.8) is 0 Å². The molecule has 0 saturated carbocycles. The van der Waals surface area contributed by atoms with E-state index in [2.05, 4.69) is 21.3 Å². The lowest BCUT2D eigenvalue weighted by molar-refractivity contribution is -0.114. The van der Waals surface area contributed by atoms with Crippen LogP contribution in [-0.2, 0) is 4.79 Å². The predicted octanol–water partition coefficient (Wildman–Crippen LogP) is 10.4. The number of hydrogen-bond acceptors (Lipinski definition) is 4. The first-order valence-electron chi connectivity index (χ1n) is 17.2. The molecule has 8 nitrogen and oxygen atoms in total. The Kier molecular flexibility index (Phi) is 14.9. The Labute approximate surface area is 325 Å². The molecule has 0 radical (unpaired) electrons. The summed E-state index contributed by atoms with van der Waals surface area (Å²) in [5.41, 5.74) is 4.44. The summed E-state index contributed by atoms with van der Waals surface area (Å²) in [7, 11) is 0. The number of rotatable bonds is 7. The van der Waals surface area contributed by atoms with Crippen molar-refractivity contribution in [3.05, 3.63) is 190 Å². The first-order valence-corrected chi connectivity index (χ1v) is 17.2. The van der Waals surface area contributed by atoms with E-state index in [9.17, 15) is 41.1 Å². The third kappa shape index (κ3) is 13.0. The van der Waals surface area contributed by atoms with Crippen LogP contribution >= 0.6 is 0 Å². The van der Waals surface area contributed by atoms with Gasteiger partial charge in [0, 0.05) is 40.8 Å². The Morgan fingerprint density at radius 1 is 0.421 bits per heavy atom. The van der Waals surface area contributed by atoms with Crippen LogP contribution in [0.4, 0.5) is 44.7 Å². The van der Waals surface area contributed by atoms with Crippen molar-refractivity contribution in [3.8, 4) is 0 Å². The van der Waals surface area contributed by atoms with Crippen LogP contribution in [0.2, 0.25) is 0 Å². The Morgan fingerprint density at radius 3 is 1.23 bits per heavy atom. The molecule has 0 atom stereocenters. The highest BCUT2D eigenvalue weighted by atomic mass is 19.1. The van der Waals surface area contributed by atoms with E-state index in [4.69, 9.17) is 0 Å². The Morgan fingerprint density at radius 2 is 0.825 bits per heavy atom. The molecule has 6 rings (SSSR count). The molecule has 0 aromatic heterocycles. The second-order valence-electron chi connectivity index (χ2n) is 12.5. The summed E-state index contributed by atoms with van der Waals surface area (Å²) in [6, 6.07) is 30.1. The normalized spacial score (nSPS) is 10.1. The van der Waals surface area contributed by atoms with Crippen LogP contribution in [0.5, 0.6) is 0 Å². The van der Waals surface area contributed by atoms with Crippen LogP contribution in [-0.4, -0.2) is 23.6 Å². The molecule has 0 bridgehead atoms. The fourth-order valence-corrected chi connectivity index (χ4v) is 5.05. The van der Waals surface area contributed by atoms with Gasteiger partial charge in [-0.3, -0.25) is 19.2 Å². The summed E-state index contributed by atoms with van der Waals surface area (Å²) < 4.78 is 65.5. The second-order valence-corrected chi connectivity index (χ2v) is 12.5. The summed E-state index contributed by atoms with van der Waals surface area (Å²) in [6.07, 6.45) is 0. The van der Waals surface area contributed by atoms with Gasteiger partial charge in [-0.2, -0.15) is 0 Å². The minimum atomic E-state index is -0.761. The number of anilines is 4. The van der Waals surface area contributed by atoms with Gasteiger partial charge in [-0.05, 0) is 147 Å². The Hall–Kier alpha value is -7.15. The number of nitrogens with one attached hydrogen (secondary N) is 4. The van der Waals surface area contributed by atoms with Crippen LogP contribution in [0.1, 0.15) is 54.7 Å². The van der Waals surface area contributed by atoms with E-state index in [1.54, 1.807) is 51.1 Å². The van der Waals surface area contributed by atoms with E-state index < -0.39 is 23.4 Å². The molecule has 6 aromatic rings. The van der Waals surface area contributed by atoms with Crippen LogP contribution in [0.15, 0.2) is 127 Å². The lowest BCUT2D eigenvalue weighted by atomic mass is 10.1. The average molecular weight is 781 g/mol. The Balaban J connectivity index is 0.000000191. The number of amides is 4. The van der Waals surface area contributed by atoms with Gasteiger partial charge in [0.05, 0.1) is 5.56 Å². The van der Waals surface area contributed by atoms with E-state index in [1.165, 1.54) is 91.9 Å². The monoisotopic (exact) mass is 780 g/mol. The molecule has 0 heterocycles. The smallest absolute Gasteiger partial charge is 0.258 e. The summed E-state index contributed by atoms with van der Waals surface area (Å²) in [6.45, 7) is 6.39. The zero-order valence-electron chi connectivity index (χ0n) is 31.1. The average Bonchev–Trinajstić information content (AvgIpc) is 3.16. The molecule has 0 saturated heterocycles. The molecule has 13 heteroatoms. The molecule has 0 aliphatic heterocycles. The second kappa shape index (κ2) is 20.0. The van der Waals surface area contributed by atoms with Crippen LogP contribution in [0.3, 0.4) is 0 Å². The molecule has 0 aliphatic carbocycles. The largest absolute Gasteiger partial charge is 0.326 e. The number of carbonyl (C=O) groups excluding carboxylic acids is 4. The SMILES string of the molecule is CC(=O)Nc1ccc(C(=O)Nc2ccc(F)cc2C)c(F)c1.Cc1cc(F)ccc1NC(=O)c1ccc(F)cc1.Cc1cc(F)ccc1NC(=O)c1ccccc1. The maximum Gasteiger partial charge on any atom is 0.258 e. The van der Waals surface area contributed by atoms with Gasteiger partial charge < -0.3 is 21.3 Å². The molecule has 0 aliphatic rings. The summed E-state index contributed by atoms with van der Waals surface area (Å²) in [5, 5.41) is 10.3. The molecule has 4 amide bonds. The highest BCUT2D eigenvalue weighted by Gasteiger charge is 2.14. The first-order chi connectivity index (χ1) is 27.1. The van der Waals surface area contributed by atoms with Crippen molar-refractivity contribution in [1.82, 2.24) is 0 Å². The summed E-state index contributed by atoms with van der Waals surface area (Å²) in [5.74, 6) is -3.77. The van der Waals surface area contributed by atoms with E-state index >= 15 is 0 Å². The maximum atomic E-state index is 13.9. The molecule has 0 spiro atoms. The van der Waals surface area contributed by atoms with Crippen molar-refractivity contribution in [2.24, 2.45) is 0 Å².